The second-order valence-corrected chi connectivity index (χ2v) is 5.16. The lowest BCUT2D eigenvalue weighted by molar-refractivity contribution is -0.151. The Hall–Kier alpha value is -1.72. The predicted molar refractivity (Wildman–Crippen MR) is 61.0 cm³/mol. The number of alkyl halides is 3. The number of ether oxygens (including phenoxy) is 1. The number of carboxylic acid groups (broad SMARTS) is 1. The lowest BCUT2D eigenvalue weighted by Gasteiger charge is -2.25. The highest BCUT2D eigenvalue weighted by atomic mass is 19.4. The summed E-state index contributed by atoms with van der Waals surface area (Å²) in [7, 11) is 0. The van der Waals surface area contributed by atoms with Crippen molar-refractivity contribution in [3.8, 4) is 5.75 Å². The largest absolute Gasteiger partial charge is 0.489 e. The van der Waals surface area contributed by atoms with Gasteiger partial charge in [-0.05, 0) is 37.6 Å². The van der Waals surface area contributed by atoms with Crippen LogP contribution >= 0.6 is 0 Å². The number of carbonyl (C=O) groups is 1. The molecule has 1 N–H and O–H groups in total. The summed E-state index contributed by atoms with van der Waals surface area (Å²) in [6.45, 7) is 2.99. The Balaban J connectivity index is 2.29. The average Bonchev–Trinajstić information content (AvgIpc) is 2.70. The molecule has 0 aliphatic carbocycles. The second-order valence-electron chi connectivity index (χ2n) is 5.16. The van der Waals surface area contributed by atoms with E-state index in [0.717, 1.165) is 12.1 Å². The summed E-state index contributed by atoms with van der Waals surface area (Å²) in [5.74, 6) is -0.714. The first kappa shape index (κ1) is 13.7. The molecule has 0 amide bonds. The monoisotopic (exact) mass is 274 g/mol. The number of hydrogen-bond acceptors (Lipinski definition) is 2. The molecule has 1 aliphatic rings. The lowest BCUT2D eigenvalue weighted by atomic mass is 9.84. The van der Waals surface area contributed by atoms with Gasteiger partial charge in [0.05, 0.1) is 11.0 Å². The number of hydrogen-bond donors (Lipinski definition) is 1. The molecule has 104 valence electrons. The number of benzene rings is 1. The molecule has 2 rings (SSSR count). The third kappa shape index (κ3) is 2.39. The van der Waals surface area contributed by atoms with E-state index < -0.39 is 29.2 Å². The first-order chi connectivity index (χ1) is 8.62. The van der Waals surface area contributed by atoms with Crippen molar-refractivity contribution in [2.24, 2.45) is 5.41 Å². The van der Waals surface area contributed by atoms with Crippen molar-refractivity contribution >= 4 is 5.97 Å². The molecule has 3 nitrogen and oxygen atoms in total. The van der Waals surface area contributed by atoms with Gasteiger partial charge in [0, 0.05) is 6.42 Å². The van der Waals surface area contributed by atoms with Gasteiger partial charge in [-0.3, -0.25) is 4.79 Å². The number of halogens is 3. The van der Waals surface area contributed by atoms with Crippen LogP contribution in [0.25, 0.3) is 0 Å². The second kappa shape index (κ2) is 4.15. The van der Waals surface area contributed by atoms with Gasteiger partial charge in [-0.15, -0.1) is 0 Å². The number of rotatable bonds is 2. The van der Waals surface area contributed by atoms with Crippen molar-refractivity contribution in [2.75, 3.05) is 0 Å². The van der Waals surface area contributed by atoms with E-state index in [9.17, 15) is 18.0 Å². The van der Waals surface area contributed by atoms with Crippen molar-refractivity contribution < 1.29 is 27.8 Å². The van der Waals surface area contributed by atoms with Gasteiger partial charge in [-0.2, -0.15) is 13.2 Å². The molecular weight excluding hydrogens is 261 g/mol. The summed E-state index contributed by atoms with van der Waals surface area (Å²) in [6.07, 6.45) is -4.91. The zero-order valence-electron chi connectivity index (χ0n) is 10.4. The SMILES string of the molecule is CC(C)(C(=O)O)C1Cc2cc(C(F)(F)F)ccc2O1. The molecule has 0 saturated carbocycles. The minimum absolute atomic E-state index is 0.165. The van der Waals surface area contributed by atoms with Gasteiger partial charge >= 0.3 is 12.1 Å². The normalized spacial score (nSPS) is 18.9. The Morgan fingerprint density at radius 1 is 1.37 bits per heavy atom. The summed E-state index contributed by atoms with van der Waals surface area (Å²) in [4.78, 5) is 11.1. The molecule has 1 aromatic carbocycles. The first-order valence-corrected chi connectivity index (χ1v) is 5.72. The standard InChI is InChI=1S/C13H13F3O3/c1-12(2,11(17)18)10-6-7-5-8(13(14,15)16)3-4-9(7)19-10/h3-5,10H,6H2,1-2H3,(H,17,18). The van der Waals surface area contributed by atoms with Crippen molar-refractivity contribution in [1.82, 2.24) is 0 Å². The fourth-order valence-corrected chi connectivity index (χ4v) is 1.97. The van der Waals surface area contributed by atoms with Crippen LogP contribution in [0.4, 0.5) is 13.2 Å². The predicted octanol–water partition coefficient (Wildman–Crippen LogP) is 3.12. The molecule has 6 heteroatoms. The highest BCUT2D eigenvalue weighted by Crippen LogP contribution is 2.40. The van der Waals surface area contributed by atoms with E-state index in [1.54, 1.807) is 0 Å². The summed E-state index contributed by atoms with van der Waals surface area (Å²) >= 11 is 0. The van der Waals surface area contributed by atoms with Crippen LogP contribution in [0.15, 0.2) is 18.2 Å². The van der Waals surface area contributed by atoms with Gasteiger partial charge in [0.25, 0.3) is 0 Å². The van der Waals surface area contributed by atoms with Crippen LogP contribution in [-0.2, 0) is 17.4 Å². The molecule has 0 radical (unpaired) electrons. The molecule has 0 fully saturated rings. The molecule has 0 saturated heterocycles. The summed E-state index contributed by atoms with van der Waals surface area (Å²) in [6, 6.07) is 3.21. The van der Waals surface area contributed by atoms with Gasteiger partial charge in [0.15, 0.2) is 0 Å². The minimum Gasteiger partial charge on any atom is -0.489 e. The first-order valence-electron chi connectivity index (χ1n) is 5.72. The van der Waals surface area contributed by atoms with E-state index >= 15 is 0 Å². The van der Waals surface area contributed by atoms with Gasteiger partial charge in [-0.25, -0.2) is 0 Å². The Labute approximate surface area is 108 Å². The molecule has 1 unspecified atom stereocenters. The Kier molecular flexibility index (Phi) is 2.99. The van der Waals surface area contributed by atoms with Crippen LogP contribution in [0, 0.1) is 5.41 Å². The summed E-state index contributed by atoms with van der Waals surface area (Å²) < 4.78 is 43.2. The molecule has 1 atom stereocenters. The van der Waals surface area contributed by atoms with Crippen LogP contribution < -0.4 is 4.74 Å². The van der Waals surface area contributed by atoms with E-state index in [2.05, 4.69) is 0 Å². The van der Waals surface area contributed by atoms with Crippen LogP contribution in [0.3, 0.4) is 0 Å². The maximum atomic E-state index is 12.6. The summed E-state index contributed by atoms with van der Waals surface area (Å²) in [5.41, 5.74) is -1.50. The quantitative estimate of drug-likeness (QED) is 0.901. The van der Waals surface area contributed by atoms with Crippen molar-refractivity contribution in [3.63, 3.8) is 0 Å². The Bertz CT molecular complexity index is 520. The molecule has 0 spiro atoms. The maximum absolute atomic E-state index is 12.6. The third-order valence-electron chi connectivity index (χ3n) is 3.42. The van der Waals surface area contributed by atoms with Gasteiger partial charge in [0.2, 0.25) is 0 Å². The van der Waals surface area contributed by atoms with Gasteiger partial charge < -0.3 is 9.84 Å². The smallest absolute Gasteiger partial charge is 0.416 e. The molecule has 19 heavy (non-hydrogen) atoms. The lowest BCUT2D eigenvalue weighted by Crippen LogP contribution is -2.40. The number of fused-ring (bicyclic) bond motifs is 1. The summed E-state index contributed by atoms with van der Waals surface area (Å²) in [5, 5.41) is 9.10. The highest BCUT2D eigenvalue weighted by molar-refractivity contribution is 5.74. The Morgan fingerprint density at radius 3 is 2.53 bits per heavy atom. The van der Waals surface area contributed by atoms with Gasteiger partial charge in [0.1, 0.15) is 11.9 Å². The molecule has 1 aliphatic heterocycles. The Morgan fingerprint density at radius 2 is 2.00 bits per heavy atom. The molecule has 1 aromatic rings. The van der Waals surface area contributed by atoms with E-state index in [1.807, 2.05) is 0 Å². The van der Waals surface area contributed by atoms with Crippen LogP contribution in [0.2, 0.25) is 0 Å². The minimum atomic E-state index is -4.41. The molecule has 0 aromatic heterocycles. The van der Waals surface area contributed by atoms with Crippen molar-refractivity contribution in [1.29, 1.82) is 0 Å². The fraction of sp³-hybridized carbons (Fsp3) is 0.462. The van der Waals surface area contributed by atoms with Crippen molar-refractivity contribution in [2.45, 2.75) is 32.5 Å². The molecule has 0 bridgehead atoms. The topological polar surface area (TPSA) is 46.5 Å². The van der Waals surface area contributed by atoms with Crippen LogP contribution in [0.1, 0.15) is 25.0 Å². The third-order valence-corrected chi connectivity index (χ3v) is 3.42. The number of carboxylic acids is 1. The van der Waals surface area contributed by atoms with Crippen LogP contribution in [0.5, 0.6) is 5.75 Å². The van der Waals surface area contributed by atoms with Crippen molar-refractivity contribution in [3.05, 3.63) is 29.3 Å². The number of aliphatic carboxylic acids is 1. The average molecular weight is 274 g/mol. The zero-order valence-corrected chi connectivity index (χ0v) is 10.4. The zero-order chi connectivity index (χ0) is 14.4. The van der Waals surface area contributed by atoms with Crippen LogP contribution in [-0.4, -0.2) is 17.2 Å². The van der Waals surface area contributed by atoms with E-state index in [-0.39, 0.29) is 6.42 Å². The fourth-order valence-electron chi connectivity index (χ4n) is 1.97. The highest BCUT2D eigenvalue weighted by Gasteiger charge is 2.43. The molecule has 1 heterocycles. The van der Waals surface area contributed by atoms with E-state index in [0.29, 0.717) is 11.3 Å². The molecular formula is C13H13F3O3. The van der Waals surface area contributed by atoms with E-state index in [1.165, 1.54) is 19.9 Å². The maximum Gasteiger partial charge on any atom is 0.416 e. The van der Waals surface area contributed by atoms with E-state index in [4.69, 9.17) is 9.84 Å². The van der Waals surface area contributed by atoms with Gasteiger partial charge in [-0.1, -0.05) is 0 Å².